The van der Waals surface area contributed by atoms with Crippen LogP contribution in [0.4, 0.5) is 0 Å². The molecule has 1 N–H and O–H groups in total. The second-order valence-electron chi connectivity index (χ2n) is 4.83. The maximum absolute atomic E-state index is 3.69. The first kappa shape index (κ1) is 16.2. The van der Waals surface area contributed by atoms with E-state index in [9.17, 15) is 0 Å². The van der Waals surface area contributed by atoms with Gasteiger partial charge in [-0.05, 0) is 60.9 Å². The van der Waals surface area contributed by atoms with E-state index < -0.39 is 0 Å². The van der Waals surface area contributed by atoms with Gasteiger partial charge in [0.05, 0.1) is 6.04 Å². The van der Waals surface area contributed by atoms with Gasteiger partial charge in [0.25, 0.3) is 0 Å². The smallest absolute Gasteiger partial charge is 0.0612 e. The summed E-state index contributed by atoms with van der Waals surface area (Å²) in [7, 11) is 4.39. The molecule has 0 radical (unpaired) electrons. The number of hydrogen-bond donors (Lipinski definition) is 1. The fraction of sp³-hybridized carbons (Fsp3) is 0.714. The summed E-state index contributed by atoms with van der Waals surface area (Å²) >= 11 is 5.53. The third-order valence-corrected chi connectivity index (χ3v) is 5.90. The van der Waals surface area contributed by atoms with Crippen LogP contribution >= 0.6 is 27.3 Å². The number of halogens is 1. The molecule has 0 spiro atoms. The molecule has 1 heterocycles. The summed E-state index contributed by atoms with van der Waals surface area (Å²) in [4.78, 5) is 3.79. The molecule has 0 saturated heterocycles. The van der Waals surface area contributed by atoms with Crippen molar-refractivity contribution in [2.45, 2.75) is 45.2 Å². The van der Waals surface area contributed by atoms with Crippen LogP contribution in [0.1, 0.15) is 44.5 Å². The highest BCUT2D eigenvalue weighted by atomic mass is 79.9. The summed E-state index contributed by atoms with van der Waals surface area (Å²) in [6.07, 6.45) is 2.27. The van der Waals surface area contributed by atoms with Gasteiger partial charge in [0.15, 0.2) is 0 Å². The Hall–Kier alpha value is 0.1000. The summed E-state index contributed by atoms with van der Waals surface area (Å²) in [6, 6.07) is 2.53. The molecule has 18 heavy (non-hydrogen) atoms. The maximum Gasteiger partial charge on any atom is 0.0612 e. The average molecular weight is 333 g/mol. The van der Waals surface area contributed by atoms with Gasteiger partial charge in [0.1, 0.15) is 0 Å². The molecule has 1 atom stereocenters. The van der Waals surface area contributed by atoms with Gasteiger partial charge >= 0.3 is 0 Å². The predicted octanol–water partition coefficient (Wildman–Crippen LogP) is 4.28. The minimum absolute atomic E-state index is 0.170. The lowest BCUT2D eigenvalue weighted by molar-refractivity contribution is 0.0901. The molecule has 0 amide bonds. The highest BCUT2D eigenvalue weighted by Gasteiger charge is 2.39. The van der Waals surface area contributed by atoms with Gasteiger partial charge in [-0.3, -0.25) is 0 Å². The number of thiophene rings is 1. The van der Waals surface area contributed by atoms with Gasteiger partial charge in [-0.15, -0.1) is 11.3 Å². The Morgan fingerprint density at radius 2 is 1.94 bits per heavy atom. The number of likely N-dealkylation sites (N-methyl/N-ethyl adjacent to an activating group) is 2. The topological polar surface area (TPSA) is 15.3 Å². The van der Waals surface area contributed by atoms with E-state index in [1.165, 1.54) is 9.35 Å². The molecular formula is C14H25BrN2S. The van der Waals surface area contributed by atoms with Crippen LogP contribution in [-0.4, -0.2) is 31.1 Å². The van der Waals surface area contributed by atoms with E-state index in [2.05, 4.69) is 72.5 Å². The number of nitrogens with one attached hydrogen (secondary N) is 1. The highest BCUT2D eigenvalue weighted by molar-refractivity contribution is 9.10. The van der Waals surface area contributed by atoms with Gasteiger partial charge in [-0.1, -0.05) is 20.8 Å². The van der Waals surface area contributed by atoms with Crippen molar-refractivity contribution in [3.8, 4) is 0 Å². The van der Waals surface area contributed by atoms with Crippen LogP contribution in [0.2, 0.25) is 0 Å². The van der Waals surface area contributed by atoms with Crippen LogP contribution in [-0.2, 0) is 0 Å². The van der Waals surface area contributed by atoms with E-state index in [1.807, 2.05) is 11.3 Å². The molecule has 1 rings (SSSR count). The average Bonchev–Trinajstić information content (AvgIpc) is 2.75. The molecule has 4 heteroatoms. The SMILES string of the molecule is CCNC(c1sccc1Br)C(CC)(CC)N(C)C. The Labute approximate surface area is 124 Å². The second kappa shape index (κ2) is 7.04. The summed E-state index contributed by atoms with van der Waals surface area (Å²) in [6.45, 7) is 7.75. The quantitative estimate of drug-likeness (QED) is 0.801. The Morgan fingerprint density at radius 3 is 2.28 bits per heavy atom. The standard InChI is InChI=1S/C14H25BrN2S/c1-6-14(7-2,17(4)5)13(16-8-3)12-11(15)9-10-18-12/h9-10,13,16H,6-8H2,1-5H3. The monoisotopic (exact) mass is 332 g/mol. The van der Waals surface area contributed by atoms with Crippen molar-refractivity contribution in [2.75, 3.05) is 20.6 Å². The number of hydrogen-bond acceptors (Lipinski definition) is 3. The van der Waals surface area contributed by atoms with Crippen molar-refractivity contribution in [3.63, 3.8) is 0 Å². The summed E-state index contributed by atoms with van der Waals surface area (Å²) in [5.74, 6) is 0. The molecule has 0 aliphatic heterocycles. The molecule has 0 bridgehead atoms. The van der Waals surface area contributed by atoms with Crippen LogP contribution in [0.25, 0.3) is 0 Å². The fourth-order valence-electron chi connectivity index (χ4n) is 2.79. The molecule has 0 aliphatic rings. The Kier molecular flexibility index (Phi) is 6.31. The molecule has 1 unspecified atom stereocenters. The first-order valence-corrected chi connectivity index (χ1v) is 8.34. The Bertz CT molecular complexity index is 358. The molecule has 0 fully saturated rings. The van der Waals surface area contributed by atoms with Gasteiger partial charge in [0.2, 0.25) is 0 Å². The lowest BCUT2D eigenvalue weighted by Crippen LogP contribution is -2.53. The largest absolute Gasteiger partial charge is 0.308 e. The molecule has 0 aromatic carbocycles. The lowest BCUT2D eigenvalue weighted by atomic mass is 9.82. The summed E-state index contributed by atoms with van der Waals surface area (Å²) < 4.78 is 1.23. The Morgan fingerprint density at radius 1 is 1.33 bits per heavy atom. The van der Waals surface area contributed by atoms with Crippen molar-refractivity contribution >= 4 is 27.3 Å². The van der Waals surface area contributed by atoms with E-state index in [4.69, 9.17) is 0 Å². The molecule has 0 aliphatic carbocycles. The molecule has 2 nitrogen and oxygen atoms in total. The normalized spacial score (nSPS) is 14.2. The number of nitrogens with zero attached hydrogens (tertiary/aromatic N) is 1. The van der Waals surface area contributed by atoms with Crippen molar-refractivity contribution < 1.29 is 0 Å². The summed E-state index contributed by atoms with van der Waals surface area (Å²) in [5.41, 5.74) is 0.170. The second-order valence-corrected chi connectivity index (χ2v) is 6.63. The molecule has 0 saturated carbocycles. The van der Waals surface area contributed by atoms with Crippen molar-refractivity contribution in [3.05, 3.63) is 20.8 Å². The first-order valence-electron chi connectivity index (χ1n) is 6.67. The summed E-state index contributed by atoms with van der Waals surface area (Å²) in [5, 5.41) is 5.85. The zero-order valence-corrected chi connectivity index (χ0v) is 14.5. The van der Waals surface area contributed by atoms with Crippen LogP contribution in [0.15, 0.2) is 15.9 Å². The van der Waals surface area contributed by atoms with Gasteiger partial charge in [0, 0.05) is 14.9 Å². The zero-order valence-electron chi connectivity index (χ0n) is 12.1. The maximum atomic E-state index is 3.69. The third-order valence-electron chi connectivity index (χ3n) is 3.97. The minimum Gasteiger partial charge on any atom is -0.308 e. The van der Waals surface area contributed by atoms with Gasteiger partial charge in [-0.25, -0.2) is 0 Å². The zero-order chi connectivity index (χ0) is 13.8. The van der Waals surface area contributed by atoms with E-state index in [-0.39, 0.29) is 5.54 Å². The first-order chi connectivity index (χ1) is 8.53. The van der Waals surface area contributed by atoms with E-state index in [0.717, 1.165) is 19.4 Å². The number of rotatable bonds is 7. The Balaban J connectivity index is 3.21. The predicted molar refractivity (Wildman–Crippen MR) is 85.4 cm³/mol. The third kappa shape index (κ3) is 2.98. The van der Waals surface area contributed by atoms with Gasteiger partial charge < -0.3 is 10.2 Å². The van der Waals surface area contributed by atoms with Crippen LogP contribution in [0, 0.1) is 0 Å². The van der Waals surface area contributed by atoms with Crippen molar-refractivity contribution in [1.82, 2.24) is 10.2 Å². The van der Waals surface area contributed by atoms with Crippen molar-refractivity contribution in [1.29, 1.82) is 0 Å². The molecule has 1 aromatic rings. The lowest BCUT2D eigenvalue weighted by Gasteiger charge is -2.45. The van der Waals surface area contributed by atoms with Crippen LogP contribution in [0.3, 0.4) is 0 Å². The van der Waals surface area contributed by atoms with E-state index in [1.54, 1.807) is 0 Å². The minimum atomic E-state index is 0.170. The fourth-order valence-corrected chi connectivity index (χ4v) is 4.58. The van der Waals surface area contributed by atoms with E-state index >= 15 is 0 Å². The molecular weight excluding hydrogens is 308 g/mol. The van der Waals surface area contributed by atoms with Gasteiger partial charge in [-0.2, -0.15) is 0 Å². The highest BCUT2D eigenvalue weighted by Crippen LogP contribution is 2.41. The molecule has 1 aromatic heterocycles. The van der Waals surface area contributed by atoms with Crippen LogP contribution in [0.5, 0.6) is 0 Å². The molecule has 104 valence electrons. The van der Waals surface area contributed by atoms with E-state index in [0.29, 0.717) is 6.04 Å². The van der Waals surface area contributed by atoms with Crippen LogP contribution < -0.4 is 5.32 Å². The van der Waals surface area contributed by atoms with Crippen molar-refractivity contribution in [2.24, 2.45) is 0 Å².